The van der Waals surface area contributed by atoms with Gasteiger partial charge in [0, 0.05) is 12.5 Å². The number of benzene rings is 1. The Morgan fingerprint density at radius 1 is 1.50 bits per heavy atom. The summed E-state index contributed by atoms with van der Waals surface area (Å²) in [5.74, 6) is -0.218. The van der Waals surface area contributed by atoms with E-state index in [1.54, 1.807) is 0 Å². The fourth-order valence-corrected chi connectivity index (χ4v) is 2.33. The molecule has 1 unspecified atom stereocenters. The second-order valence-corrected chi connectivity index (χ2v) is 4.32. The fraction of sp³-hybridized carbons (Fsp3) is 0.462. The van der Waals surface area contributed by atoms with Crippen LogP contribution in [0.4, 0.5) is 0 Å². The summed E-state index contributed by atoms with van der Waals surface area (Å²) in [5, 5.41) is 8.77. The molecule has 0 amide bonds. The molecule has 1 N–H and O–H groups in total. The van der Waals surface area contributed by atoms with Gasteiger partial charge in [0.1, 0.15) is 0 Å². The van der Waals surface area contributed by atoms with Gasteiger partial charge in [0.2, 0.25) is 0 Å². The van der Waals surface area contributed by atoms with E-state index in [1.165, 1.54) is 11.1 Å². The maximum atomic E-state index is 10.7. The molecule has 0 fully saturated rings. The highest BCUT2D eigenvalue weighted by Crippen LogP contribution is 2.35. The zero-order valence-electron chi connectivity index (χ0n) is 9.52. The summed E-state index contributed by atoms with van der Waals surface area (Å²) in [6.45, 7) is 3.81. The molecule has 0 saturated carbocycles. The van der Waals surface area contributed by atoms with Crippen LogP contribution in [0.25, 0.3) is 0 Å². The number of hydrogen-bond donors (Lipinski definition) is 1. The number of hydrogen-bond acceptors (Lipinski definition) is 2. The molecule has 3 heteroatoms. The van der Waals surface area contributed by atoms with Crippen LogP contribution in [0.15, 0.2) is 24.3 Å². The average molecular weight is 219 g/mol. The number of fused-ring (bicyclic) bond motifs is 1. The first-order chi connectivity index (χ1) is 7.70. The van der Waals surface area contributed by atoms with Crippen LogP contribution in [0.1, 0.15) is 24.0 Å². The summed E-state index contributed by atoms with van der Waals surface area (Å²) in [7, 11) is 0. The fourth-order valence-electron chi connectivity index (χ4n) is 2.33. The molecular formula is C13H17NO2. The monoisotopic (exact) mass is 219 g/mol. The number of rotatable bonds is 5. The third kappa shape index (κ3) is 2.25. The Bertz CT molecular complexity index is 389. The van der Waals surface area contributed by atoms with E-state index >= 15 is 0 Å². The van der Waals surface area contributed by atoms with Crippen LogP contribution in [0.2, 0.25) is 0 Å². The second kappa shape index (κ2) is 4.66. The summed E-state index contributed by atoms with van der Waals surface area (Å²) in [5.41, 5.74) is 2.81. The number of carboxylic acid groups (broad SMARTS) is 1. The van der Waals surface area contributed by atoms with Gasteiger partial charge in [0.15, 0.2) is 0 Å². The lowest BCUT2D eigenvalue weighted by Gasteiger charge is -2.33. The van der Waals surface area contributed by atoms with Crippen molar-refractivity contribution in [2.45, 2.75) is 19.3 Å². The first-order valence-electron chi connectivity index (χ1n) is 5.72. The lowest BCUT2D eigenvalue weighted by Crippen LogP contribution is -2.36. The first-order valence-corrected chi connectivity index (χ1v) is 5.72. The van der Waals surface area contributed by atoms with Crippen molar-refractivity contribution in [1.82, 2.24) is 4.90 Å². The number of carboxylic acids is 1. The molecule has 1 aliphatic carbocycles. The van der Waals surface area contributed by atoms with Gasteiger partial charge in [-0.25, -0.2) is 0 Å². The molecule has 0 aromatic heterocycles. The summed E-state index contributed by atoms with van der Waals surface area (Å²) in [4.78, 5) is 12.6. The maximum absolute atomic E-state index is 10.7. The molecule has 0 radical (unpaired) electrons. The van der Waals surface area contributed by atoms with Crippen LogP contribution in [-0.2, 0) is 11.2 Å². The van der Waals surface area contributed by atoms with Gasteiger partial charge in [-0.2, -0.15) is 0 Å². The topological polar surface area (TPSA) is 40.5 Å². The Morgan fingerprint density at radius 2 is 2.25 bits per heavy atom. The van der Waals surface area contributed by atoms with Crippen LogP contribution in [0, 0.1) is 0 Å². The van der Waals surface area contributed by atoms with Gasteiger partial charge < -0.3 is 5.11 Å². The van der Waals surface area contributed by atoms with Crippen LogP contribution in [0.5, 0.6) is 0 Å². The molecule has 16 heavy (non-hydrogen) atoms. The number of nitrogens with zero attached hydrogens (tertiary/aromatic N) is 1. The minimum Gasteiger partial charge on any atom is -0.480 e. The molecule has 86 valence electrons. The van der Waals surface area contributed by atoms with E-state index in [0.717, 1.165) is 19.5 Å². The van der Waals surface area contributed by atoms with Gasteiger partial charge in [0.25, 0.3) is 0 Å². The molecular weight excluding hydrogens is 202 g/mol. The zero-order chi connectivity index (χ0) is 11.5. The molecule has 0 aliphatic heterocycles. The van der Waals surface area contributed by atoms with Crippen LogP contribution < -0.4 is 0 Å². The summed E-state index contributed by atoms with van der Waals surface area (Å²) < 4.78 is 0. The van der Waals surface area contributed by atoms with Crippen molar-refractivity contribution in [3.63, 3.8) is 0 Å². The van der Waals surface area contributed by atoms with Gasteiger partial charge in [-0.05, 0) is 24.1 Å². The Kier molecular flexibility index (Phi) is 3.25. The smallest absolute Gasteiger partial charge is 0.317 e. The number of aliphatic carboxylic acids is 1. The zero-order valence-corrected chi connectivity index (χ0v) is 9.52. The molecule has 1 aliphatic rings. The summed E-state index contributed by atoms with van der Waals surface area (Å²) >= 11 is 0. The van der Waals surface area contributed by atoms with Gasteiger partial charge >= 0.3 is 5.97 Å². The number of likely N-dealkylation sites (N-methyl/N-ethyl adjacent to an activating group) is 1. The third-order valence-electron chi connectivity index (χ3n) is 3.25. The van der Waals surface area contributed by atoms with Gasteiger partial charge in [0.05, 0.1) is 6.54 Å². The Morgan fingerprint density at radius 3 is 2.88 bits per heavy atom. The molecule has 3 nitrogen and oxygen atoms in total. The van der Waals surface area contributed by atoms with E-state index in [4.69, 9.17) is 5.11 Å². The van der Waals surface area contributed by atoms with E-state index in [-0.39, 0.29) is 6.54 Å². The summed E-state index contributed by atoms with van der Waals surface area (Å²) in [6, 6.07) is 8.42. The van der Waals surface area contributed by atoms with E-state index in [0.29, 0.717) is 5.92 Å². The Labute approximate surface area is 95.7 Å². The van der Waals surface area contributed by atoms with Gasteiger partial charge in [-0.3, -0.25) is 9.69 Å². The predicted octanol–water partition coefficient (Wildman–Crippen LogP) is 1.73. The minimum absolute atomic E-state index is 0.148. The SMILES string of the molecule is CCN(CC(=O)O)CC1Cc2ccccc21. The van der Waals surface area contributed by atoms with Crippen LogP contribution in [0.3, 0.4) is 0 Å². The predicted molar refractivity (Wildman–Crippen MR) is 62.6 cm³/mol. The standard InChI is InChI=1S/C13H17NO2/c1-2-14(9-13(15)16)8-11-7-10-5-3-4-6-12(10)11/h3-6,11H,2,7-9H2,1H3,(H,15,16). The maximum Gasteiger partial charge on any atom is 0.317 e. The van der Waals surface area contributed by atoms with E-state index in [9.17, 15) is 4.79 Å². The van der Waals surface area contributed by atoms with Crippen molar-refractivity contribution < 1.29 is 9.90 Å². The van der Waals surface area contributed by atoms with Crippen molar-refractivity contribution in [2.75, 3.05) is 19.6 Å². The minimum atomic E-state index is -0.741. The lowest BCUT2D eigenvalue weighted by molar-refractivity contribution is -0.138. The van der Waals surface area contributed by atoms with Crippen molar-refractivity contribution in [3.05, 3.63) is 35.4 Å². The van der Waals surface area contributed by atoms with Gasteiger partial charge in [-0.15, -0.1) is 0 Å². The Balaban J connectivity index is 1.94. The number of carbonyl (C=O) groups is 1. The van der Waals surface area contributed by atoms with E-state index in [2.05, 4.69) is 24.3 Å². The second-order valence-electron chi connectivity index (χ2n) is 4.32. The van der Waals surface area contributed by atoms with Gasteiger partial charge in [-0.1, -0.05) is 31.2 Å². The van der Waals surface area contributed by atoms with Crippen LogP contribution in [-0.4, -0.2) is 35.6 Å². The van der Waals surface area contributed by atoms with Crippen molar-refractivity contribution in [3.8, 4) is 0 Å². The molecule has 0 heterocycles. The highest BCUT2D eigenvalue weighted by Gasteiger charge is 2.27. The largest absolute Gasteiger partial charge is 0.480 e. The van der Waals surface area contributed by atoms with Crippen LogP contribution >= 0.6 is 0 Å². The molecule has 0 spiro atoms. The van der Waals surface area contributed by atoms with Crippen molar-refractivity contribution in [2.24, 2.45) is 0 Å². The summed E-state index contributed by atoms with van der Waals surface area (Å²) in [6.07, 6.45) is 1.09. The highest BCUT2D eigenvalue weighted by atomic mass is 16.4. The Hall–Kier alpha value is -1.35. The first kappa shape index (κ1) is 11.1. The molecule has 1 atom stereocenters. The molecule has 1 aromatic rings. The van der Waals surface area contributed by atoms with E-state index < -0.39 is 5.97 Å². The normalized spacial score (nSPS) is 18.0. The molecule has 2 rings (SSSR count). The lowest BCUT2D eigenvalue weighted by atomic mass is 9.77. The molecule has 1 aromatic carbocycles. The quantitative estimate of drug-likeness (QED) is 0.820. The van der Waals surface area contributed by atoms with E-state index in [1.807, 2.05) is 11.8 Å². The molecule has 0 bridgehead atoms. The average Bonchev–Trinajstić information content (AvgIpc) is 2.23. The van der Waals surface area contributed by atoms with Crippen molar-refractivity contribution in [1.29, 1.82) is 0 Å². The highest BCUT2D eigenvalue weighted by molar-refractivity contribution is 5.69. The van der Waals surface area contributed by atoms with Crippen molar-refractivity contribution >= 4 is 5.97 Å². The third-order valence-corrected chi connectivity index (χ3v) is 3.25. The molecule has 0 saturated heterocycles.